The first-order chi connectivity index (χ1) is 16.6. The number of benzene rings is 2. The molecule has 0 N–H and O–H groups in total. The molecule has 6 nitrogen and oxygen atoms in total. The SMILES string of the molecule is Cc1ccc(Cl)cc1N=C(CN(C=O)Cc1ccc(C(=O)OC(C)(C)C)cc1)OC1CCCCC1. The van der Waals surface area contributed by atoms with E-state index in [1.165, 1.54) is 6.42 Å². The molecule has 0 aliphatic heterocycles. The van der Waals surface area contributed by atoms with E-state index < -0.39 is 5.60 Å². The number of rotatable bonds is 8. The van der Waals surface area contributed by atoms with Crippen molar-refractivity contribution < 1.29 is 19.1 Å². The average Bonchev–Trinajstić information content (AvgIpc) is 2.81. The van der Waals surface area contributed by atoms with Crippen molar-refractivity contribution >= 4 is 35.6 Å². The standard InChI is InChI=1S/C28H35ClN2O4/c1-20-10-15-23(29)16-25(20)30-26(34-24-8-6-5-7-9-24)18-31(19-32)17-21-11-13-22(14-12-21)27(33)35-28(2,3)4/h10-16,19,24H,5-9,17-18H2,1-4H3. The Morgan fingerprint density at radius 3 is 2.43 bits per heavy atom. The lowest BCUT2D eigenvalue weighted by atomic mass is 9.98. The van der Waals surface area contributed by atoms with Crippen LogP contribution in [0.1, 0.15) is 74.4 Å². The van der Waals surface area contributed by atoms with Crippen LogP contribution < -0.4 is 0 Å². The van der Waals surface area contributed by atoms with Crippen LogP contribution in [-0.2, 0) is 20.8 Å². The first-order valence-electron chi connectivity index (χ1n) is 12.1. The molecule has 1 aliphatic carbocycles. The second-order valence-corrected chi connectivity index (χ2v) is 10.5. The second kappa shape index (κ2) is 12.2. The first kappa shape index (κ1) is 26.7. The zero-order valence-electron chi connectivity index (χ0n) is 21.1. The number of esters is 1. The number of hydrogen-bond acceptors (Lipinski definition) is 5. The normalized spacial score (nSPS) is 14.9. The topological polar surface area (TPSA) is 68.2 Å². The summed E-state index contributed by atoms with van der Waals surface area (Å²) in [6, 6.07) is 12.6. The van der Waals surface area contributed by atoms with Gasteiger partial charge in [-0.25, -0.2) is 9.79 Å². The van der Waals surface area contributed by atoms with Gasteiger partial charge < -0.3 is 14.4 Å². The third-order valence-corrected chi connectivity index (χ3v) is 5.97. The van der Waals surface area contributed by atoms with E-state index in [9.17, 15) is 9.59 Å². The van der Waals surface area contributed by atoms with Crippen molar-refractivity contribution in [1.29, 1.82) is 0 Å². The summed E-state index contributed by atoms with van der Waals surface area (Å²) in [5, 5.41) is 0.601. The zero-order chi connectivity index (χ0) is 25.4. The van der Waals surface area contributed by atoms with Crippen LogP contribution in [0.5, 0.6) is 0 Å². The minimum absolute atomic E-state index is 0.101. The summed E-state index contributed by atoms with van der Waals surface area (Å²) < 4.78 is 11.7. The van der Waals surface area contributed by atoms with E-state index in [1.54, 1.807) is 17.0 Å². The van der Waals surface area contributed by atoms with Crippen LogP contribution in [0.2, 0.25) is 5.02 Å². The molecule has 1 fully saturated rings. The molecule has 2 aromatic rings. The van der Waals surface area contributed by atoms with Gasteiger partial charge in [0.05, 0.1) is 17.8 Å². The van der Waals surface area contributed by atoms with Gasteiger partial charge in [0.15, 0.2) is 0 Å². The fraction of sp³-hybridized carbons (Fsp3) is 0.464. The predicted molar refractivity (Wildman–Crippen MR) is 139 cm³/mol. The van der Waals surface area contributed by atoms with Gasteiger partial charge in [-0.05, 0) is 88.8 Å². The Morgan fingerprint density at radius 1 is 1.11 bits per heavy atom. The summed E-state index contributed by atoms with van der Waals surface area (Å²) in [5.41, 5.74) is 2.52. The van der Waals surface area contributed by atoms with E-state index >= 15 is 0 Å². The molecule has 0 heterocycles. The molecule has 35 heavy (non-hydrogen) atoms. The van der Waals surface area contributed by atoms with E-state index in [0.29, 0.717) is 23.0 Å². The van der Waals surface area contributed by atoms with Gasteiger partial charge in [0.2, 0.25) is 12.3 Å². The van der Waals surface area contributed by atoms with Crippen molar-refractivity contribution in [2.45, 2.75) is 78.0 Å². The predicted octanol–water partition coefficient (Wildman–Crippen LogP) is 6.64. The highest BCUT2D eigenvalue weighted by atomic mass is 35.5. The van der Waals surface area contributed by atoms with Crippen molar-refractivity contribution in [2.75, 3.05) is 6.54 Å². The molecule has 1 amide bonds. The van der Waals surface area contributed by atoms with E-state index in [2.05, 4.69) is 0 Å². The molecule has 0 atom stereocenters. The smallest absolute Gasteiger partial charge is 0.338 e. The summed E-state index contributed by atoms with van der Waals surface area (Å²) in [5.74, 6) is 0.128. The van der Waals surface area contributed by atoms with Crippen molar-refractivity contribution in [3.05, 3.63) is 64.2 Å². The van der Waals surface area contributed by atoms with Gasteiger partial charge in [0.25, 0.3) is 0 Å². The maximum Gasteiger partial charge on any atom is 0.338 e. The van der Waals surface area contributed by atoms with E-state index in [0.717, 1.165) is 48.9 Å². The number of ether oxygens (including phenoxy) is 2. The number of hydrogen-bond donors (Lipinski definition) is 0. The fourth-order valence-corrected chi connectivity index (χ4v) is 4.10. The third kappa shape index (κ3) is 8.70. The van der Waals surface area contributed by atoms with Crippen LogP contribution in [0.25, 0.3) is 0 Å². The molecule has 2 aromatic carbocycles. The van der Waals surface area contributed by atoms with Crippen LogP contribution in [0.3, 0.4) is 0 Å². The van der Waals surface area contributed by atoms with Gasteiger partial charge in [-0.3, -0.25) is 4.79 Å². The molecule has 0 aromatic heterocycles. The third-order valence-electron chi connectivity index (χ3n) is 5.73. The summed E-state index contributed by atoms with van der Waals surface area (Å²) in [4.78, 5) is 30.6. The highest BCUT2D eigenvalue weighted by Gasteiger charge is 2.20. The fourth-order valence-electron chi connectivity index (χ4n) is 3.93. The van der Waals surface area contributed by atoms with Crippen molar-refractivity contribution in [2.24, 2.45) is 4.99 Å². The van der Waals surface area contributed by atoms with Gasteiger partial charge in [0.1, 0.15) is 11.7 Å². The summed E-state index contributed by atoms with van der Waals surface area (Å²) in [6.45, 7) is 8.07. The minimum atomic E-state index is -0.556. The van der Waals surface area contributed by atoms with E-state index in [4.69, 9.17) is 26.1 Å². The number of halogens is 1. The van der Waals surface area contributed by atoms with Gasteiger partial charge in [-0.2, -0.15) is 0 Å². The zero-order valence-corrected chi connectivity index (χ0v) is 21.8. The Kier molecular flexibility index (Phi) is 9.33. The quantitative estimate of drug-likeness (QED) is 0.177. The molecule has 0 radical (unpaired) electrons. The first-order valence-corrected chi connectivity index (χ1v) is 12.5. The number of carbonyl (C=O) groups excluding carboxylic acids is 2. The number of aryl methyl sites for hydroxylation is 1. The molecule has 7 heteroatoms. The minimum Gasteiger partial charge on any atom is -0.476 e. The molecule has 1 aliphatic rings. The lowest BCUT2D eigenvalue weighted by molar-refractivity contribution is -0.118. The molecule has 3 rings (SSSR count). The van der Waals surface area contributed by atoms with Crippen molar-refractivity contribution in [3.63, 3.8) is 0 Å². The van der Waals surface area contributed by atoms with Gasteiger partial charge in [-0.15, -0.1) is 0 Å². The molecule has 0 unspecified atom stereocenters. The Morgan fingerprint density at radius 2 is 1.80 bits per heavy atom. The molecular weight excluding hydrogens is 464 g/mol. The summed E-state index contributed by atoms with van der Waals surface area (Å²) >= 11 is 6.19. The number of carbonyl (C=O) groups is 2. The molecule has 0 bridgehead atoms. The Hall–Kier alpha value is -2.86. The molecular formula is C28H35ClN2O4. The summed E-state index contributed by atoms with van der Waals surface area (Å²) in [6.07, 6.45) is 6.36. The Labute approximate surface area is 213 Å². The largest absolute Gasteiger partial charge is 0.476 e. The number of nitrogens with zero attached hydrogens (tertiary/aromatic N) is 2. The maximum atomic E-state index is 12.3. The monoisotopic (exact) mass is 498 g/mol. The second-order valence-electron chi connectivity index (χ2n) is 10.0. The highest BCUT2D eigenvalue weighted by Crippen LogP contribution is 2.25. The molecule has 1 saturated carbocycles. The van der Waals surface area contributed by atoms with E-state index in [1.807, 2.05) is 58.0 Å². The van der Waals surface area contributed by atoms with Crippen LogP contribution in [0.4, 0.5) is 5.69 Å². The van der Waals surface area contributed by atoms with Gasteiger partial charge >= 0.3 is 5.97 Å². The van der Waals surface area contributed by atoms with Gasteiger partial charge in [0, 0.05) is 11.6 Å². The van der Waals surface area contributed by atoms with Gasteiger partial charge in [-0.1, -0.05) is 36.2 Å². The molecule has 0 saturated heterocycles. The molecule has 0 spiro atoms. The van der Waals surface area contributed by atoms with Crippen molar-refractivity contribution in [1.82, 2.24) is 4.90 Å². The molecule has 188 valence electrons. The van der Waals surface area contributed by atoms with Crippen LogP contribution in [0.15, 0.2) is 47.5 Å². The lowest BCUT2D eigenvalue weighted by Gasteiger charge is -2.26. The Bertz CT molecular complexity index is 1040. The van der Waals surface area contributed by atoms with Crippen LogP contribution in [0, 0.1) is 6.92 Å². The highest BCUT2D eigenvalue weighted by molar-refractivity contribution is 6.30. The number of aliphatic imine (C=N–C) groups is 1. The lowest BCUT2D eigenvalue weighted by Crippen LogP contribution is -2.32. The Balaban J connectivity index is 1.74. The average molecular weight is 499 g/mol. The van der Waals surface area contributed by atoms with Crippen LogP contribution >= 0.6 is 11.6 Å². The van der Waals surface area contributed by atoms with Crippen LogP contribution in [-0.4, -0.2) is 41.4 Å². The summed E-state index contributed by atoms with van der Waals surface area (Å²) in [7, 11) is 0. The van der Waals surface area contributed by atoms with Crippen molar-refractivity contribution in [3.8, 4) is 0 Å². The maximum absolute atomic E-state index is 12.3. The number of amides is 1. The van der Waals surface area contributed by atoms with E-state index in [-0.39, 0.29) is 18.6 Å².